The fourth-order valence-corrected chi connectivity index (χ4v) is 6.19. The lowest BCUT2D eigenvalue weighted by Crippen LogP contribution is -2.55. The van der Waals surface area contributed by atoms with Gasteiger partial charge in [0.05, 0.1) is 12.5 Å². The minimum atomic E-state index is -0.932. The van der Waals surface area contributed by atoms with Gasteiger partial charge in [-0.2, -0.15) is 0 Å². The molecule has 1 spiro atoms. The van der Waals surface area contributed by atoms with Crippen LogP contribution in [0.3, 0.4) is 0 Å². The number of nitrogens with zero attached hydrogens (tertiary/aromatic N) is 1. The molecule has 3 aromatic carbocycles. The zero-order valence-electron chi connectivity index (χ0n) is 18.6. The Bertz CT molecular complexity index is 1300. The standard InChI is InChI=1S/C27H25BrF2N2O2/c28-19-9-16-3-1-2-4-21(16)17(10-19)14-32(20-5-6-20)26(33)23-13-31-8-7-27(23)22-12-25(30)24(29)11-18(22)15-34-27/h1-4,9-12,20,23,31H,5-8,13-15H2/t23?,27-/m0/s1. The van der Waals surface area contributed by atoms with Gasteiger partial charge in [-0.15, -0.1) is 0 Å². The van der Waals surface area contributed by atoms with Gasteiger partial charge in [-0.25, -0.2) is 8.78 Å². The fourth-order valence-electron chi connectivity index (χ4n) is 5.66. The highest BCUT2D eigenvalue weighted by molar-refractivity contribution is 9.10. The Morgan fingerprint density at radius 1 is 1.15 bits per heavy atom. The van der Waals surface area contributed by atoms with Gasteiger partial charge in [-0.05, 0) is 77.5 Å². The molecule has 1 unspecified atom stereocenters. The summed E-state index contributed by atoms with van der Waals surface area (Å²) in [6.07, 6.45) is 2.49. The molecule has 0 radical (unpaired) electrons. The maximum atomic E-state index is 14.3. The van der Waals surface area contributed by atoms with E-state index in [2.05, 4.69) is 45.5 Å². The van der Waals surface area contributed by atoms with E-state index < -0.39 is 23.2 Å². The molecule has 1 amide bonds. The summed E-state index contributed by atoms with van der Waals surface area (Å²) in [4.78, 5) is 16.1. The fraction of sp³-hybridized carbons (Fsp3) is 0.370. The summed E-state index contributed by atoms with van der Waals surface area (Å²) in [5, 5.41) is 5.59. The second-order valence-electron chi connectivity index (χ2n) is 9.59. The number of hydrogen-bond donors (Lipinski definition) is 1. The highest BCUT2D eigenvalue weighted by Crippen LogP contribution is 2.48. The minimum Gasteiger partial charge on any atom is -0.365 e. The summed E-state index contributed by atoms with van der Waals surface area (Å²) in [7, 11) is 0. The monoisotopic (exact) mass is 526 g/mol. The van der Waals surface area contributed by atoms with Crippen LogP contribution in [0.2, 0.25) is 0 Å². The Morgan fingerprint density at radius 3 is 2.76 bits per heavy atom. The van der Waals surface area contributed by atoms with Crippen molar-refractivity contribution >= 4 is 32.6 Å². The Kier molecular flexibility index (Phi) is 5.47. The number of rotatable bonds is 4. The van der Waals surface area contributed by atoms with E-state index in [-0.39, 0.29) is 18.6 Å². The second-order valence-corrected chi connectivity index (χ2v) is 10.5. The predicted octanol–water partition coefficient (Wildman–Crippen LogP) is 5.41. The Labute approximate surface area is 205 Å². The van der Waals surface area contributed by atoms with Crippen LogP contribution in [0, 0.1) is 17.6 Å². The van der Waals surface area contributed by atoms with Crippen LogP contribution < -0.4 is 5.32 Å². The third-order valence-electron chi connectivity index (χ3n) is 7.49. The van der Waals surface area contributed by atoms with Gasteiger partial charge in [-0.1, -0.05) is 40.2 Å². The molecule has 34 heavy (non-hydrogen) atoms. The zero-order valence-corrected chi connectivity index (χ0v) is 20.2. The van der Waals surface area contributed by atoms with Crippen molar-refractivity contribution in [2.75, 3.05) is 13.1 Å². The molecule has 176 valence electrons. The van der Waals surface area contributed by atoms with Gasteiger partial charge < -0.3 is 15.0 Å². The quantitative estimate of drug-likeness (QED) is 0.494. The highest BCUT2D eigenvalue weighted by Gasteiger charge is 2.53. The number of ether oxygens (including phenoxy) is 1. The van der Waals surface area contributed by atoms with Gasteiger partial charge in [-0.3, -0.25) is 4.79 Å². The van der Waals surface area contributed by atoms with E-state index >= 15 is 0 Å². The molecule has 2 aliphatic heterocycles. The summed E-state index contributed by atoms with van der Waals surface area (Å²) >= 11 is 3.62. The van der Waals surface area contributed by atoms with Gasteiger partial charge in [0.15, 0.2) is 11.6 Å². The first-order chi connectivity index (χ1) is 16.5. The molecule has 3 aromatic rings. The van der Waals surface area contributed by atoms with Crippen LogP contribution in [0.25, 0.3) is 10.8 Å². The average Bonchev–Trinajstić information content (AvgIpc) is 3.62. The summed E-state index contributed by atoms with van der Waals surface area (Å²) < 4.78 is 35.4. The van der Waals surface area contributed by atoms with Crippen molar-refractivity contribution in [3.8, 4) is 0 Å². The Hall–Kier alpha value is -2.35. The molecular weight excluding hydrogens is 502 g/mol. The number of benzene rings is 3. The van der Waals surface area contributed by atoms with E-state index in [0.29, 0.717) is 37.2 Å². The van der Waals surface area contributed by atoms with Crippen molar-refractivity contribution in [1.29, 1.82) is 0 Å². The summed E-state index contributed by atoms with van der Waals surface area (Å²) in [6, 6.07) is 15.0. The van der Waals surface area contributed by atoms with E-state index in [1.54, 1.807) is 0 Å². The molecule has 2 fully saturated rings. The number of carbonyl (C=O) groups excluding carboxylic acids is 1. The number of fused-ring (bicyclic) bond motifs is 3. The van der Waals surface area contributed by atoms with Crippen LogP contribution in [0.4, 0.5) is 8.78 Å². The molecule has 3 aliphatic rings. The number of hydrogen-bond acceptors (Lipinski definition) is 3. The molecule has 7 heteroatoms. The van der Waals surface area contributed by atoms with Crippen molar-refractivity contribution < 1.29 is 18.3 Å². The van der Waals surface area contributed by atoms with Crippen molar-refractivity contribution in [2.45, 2.75) is 44.1 Å². The van der Waals surface area contributed by atoms with Crippen molar-refractivity contribution in [3.05, 3.63) is 81.3 Å². The van der Waals surface area contributed by atoms with Crippen LogP contribution in [0.5, 0.6) is 0 Å². The van der Waals surface area contributed by atoms with Crippen LogP contribution in [-0.2, 0) is 28.3 Å². The van der Waals surface area contributed by atoms with E-state index in [4.69, 9.17) is 4.74 Å². The molecule has 0 aromatic heterocycles. The highest BCUT2D eigenvalue weighted by atomic mass is 79.9. The molecule has 2 heterocycles. The van der Waals surface area contributed by atoms with E-state index in [1.807, 2.05) is 17.0 Å². The van der Waals surface area contributed by atoms with Crippen molar-refractivity contribution in [1.82, 2.24) is 10.2 Å². The number of amides is 1. The van der Waals surface area contributed by atoms with Crippen LogP contribution in [0.1, 0.15) is 36.0 Å². The maximum absolute atomic E-state index is 14.3. The Morgan fingerprint density at radius 2 is 1.94 bits per heavy atom. The largest absolute Gasteiger partial charge is 0.365 e. The molecule has 1 saturated carbocycles. The third kappa shape index (κ3) is 3.65. The van der Waals surface area contributed by atoms with Crippen molar-refractivity contribution in [3.63, 3.8) is 0 Å². The van der Waals surface area contributed by atoms with E-state index in [1.165, 1.54) is 12.1 Å². The molecule has 2 atom stereocenters. The van der Waals surface area contributed by atoms with Crippen LogP contribution in [-0.4, -0.2) is 29.9 Å². The summed E-state index contributed by atoms with van der Waals surface area (Å²) in [5.41, 5.74) is 1.41. The van der Waals surface area contributed by atoms with Gasteiger partial charge in [0.25, 0.3) is 0 Å². The van der Waals surface area contributed by atoms with Gasteiger partial charge in [0.1, 0.15) is 5.60 Å². The second kappa shape index (κ2) is 8.40. The molecule has 6 rings (SSSR count). The van der Waals surface area contributed by atoms with Crippen molar-refractivity contribution in [2.24, 2.45) is 5.92 Å². The number of halogens is 3. The molecule has 4 nitrogen and oxygen atoms in total. The maximum Gasteiger partial charge on any atom is 0.230 e. The van der Waals surface area contributed by atoms with Gasteiger partial charge in [0.2, 0.25) is 5.91 Å². The number of nitrogens with one attached hydrogen (secondary N) is 1. The topological polar surface area (TPSA) is 41.6 Å². The van der Waals surface area contributed by atoms with Gasteiger partial charge >= 0.3 is 0 Å². The molecule has 1 saturated heterocycles. The lowest BCUT2D eigenvalue weighted by molar-refractivity contribution is -0.157. The molecule has 1 N–H and O–H groups in total. The molecule has 0 bridgehead atoms. The summed E-state index contributed by atoms with van der Waals surface area (Å²) in [5.74, 6) is -2.27. The smallest absolute Gasteiger partial charge is 0.230 e. The molecule has 1 aliphatic carbocycles. The lowest BCUT2D eigenvalue weighted by atomic mass is 9.75. The van der Waals surface area contributed by atoms with E-state index in [0.717, 1.165) is 33.7 Å². The number of piperidine rings is 1. The zero-order chi connectivity index (χ0) is 23.4. The first-order valence-electron chi connectivity index (χ1n) is 11.8. The first kappa shape index (κ1) is 22.1. The minimum absolute atomic E-state index is 0.0105. The van der Waals surface area contributed by atoms with Crippen LogP contribution in [0.15, 0.2) is 53.0 Å². The van der Waals surface area contributed by atoms with Gasteiger partial charge in [0, 0.05) is 23.6 Å². The number of carbonyl (C=O) groups is 1. The molecular formula is C27H25BrF2N2O2. The van der Waals surface area contributed by atoms with E-state index in [9.17, 15) is 13.6 Å². The Balaban J connectivity index is 1.38. The third-order valence-corrected chi connectivity index (χ3v) is 7.95. The lowest BCUT2D eigenvalue weighted by Gasteiger charge is -2.43. The average molecular weight is 527 g/mol. The van der Waals surface area contributed by atoms with Crippen LogP contribution >= 0.6 is 15.9 Å². The predicted molar refractivity (Wildman–Crippen MR) is 129 cm³/mol. The normalized spacial score (nSPS) is 23.9. The first-order valence-corrected chi connectivity index (χ1v) is 12.6. The summed E-state index contributed by atoms with van der Waals surface area (Å²) in [6.45, 7) is 1.79. The SMILES string of the molecule is O=C(C1CNCC[C@@]12OCc1cc(F)c(F)cc12)N(Cc1cc(Br)cc2ccccc12)C1CC1.